The molecule has 0 bridgehead atoms. The van der Waals surface area contributed by atoms with Crippen molar-refractivity contribution in [1.82, 2.24) is 0 Å². The summed E-state index contributed by atoms with van der Waals surface area (Å²) in [5.41, 5.74) is 9.79. The lowest BCUT2D eigenvalue weighted by Crippen LogP contribution is -2.56. The summed E-state index contributed by atoms with van der Waals surface area (Å²) in [5.74, 6) is 5.67. The van der Waals surface area contributed by atoms with Crippen LogP contribution < -0.4 is 0 Å². The first-order chi connectivity index (χ1) is 14.7. The summed E-state index contributed by atoms with van der Waals surface area (Å²) < 4.78 is 0. The summed E-state index contributed by atoms with van der Waals surface area (Å²) in [5, 5.41) is 14.6. The molecule has 0 heterocycles. The van der Waals surface area contributed by atoms with Gasteiger partial charge < -0.3 is 5.11 Å². The van der Waals surface area contributed by atoms with E-state index in [1.54, 1.807) is 0 Å². The van der Waals surface area contributed by atoms with Crippen LogP contribution in [0.3, 0.4) is 0 Å². The number of hydrogen-bond donors (Lipinski definition) is 1. The molecule has 0 saturated heterocycles. The van der Waals surface area contributed by atoms with Crippen molar-refractivity contribution < 1.29 is 5.11 Å². The molecule has 0 spiro atoms. The van der Waals surface area contributed by atoms with E-state index in [1.165, 1.54) is 57.8 Å². The van der Waals surface area contributed by atoms with E-state index in [2.05, 4.69) is 44.6 Å². The molecule has 0 amide bonds. The summed E-state index contributed by atoms with van der Waals surface area (Å²) in [4.78, 5) is 3.08. The number of hydrogen-bond acceptors (Lipinski definition) is 2. The van der Waals surface area contributed by atoms with Crippen LogP contribution >= 0.6 is 0 Å². The van der Waals surface area contributed by atoms with Gasteiger partial charge >= 0.3 is 0 Å². The minimum Gasteiger partial charge on any atom is -0.393 e. The molecule has 4 rings (SSSR count). The highest BCUT2D eigenvalue weighted by Gasteiger charge is 2.61. The van der Waals surface area contributed by atoms with Crippen molar-refractivity contribution in [3.05, 3.63) is 10.4 Å². The van der Waals surface area contributed by atoms with E-state index in [0.717, 1.165) is 48.3 Å². The van der Waals surface area contributed by atoms with Crippen LogP contribution in [0.1, 0.15) is 105 Å². The molecule has 4 heteroatoms. The standard InChI is InChI=1S/C27H47N3O/c1-17(2)7-6-8-18(3)21-11-12-22-20-10-9-19-15-25(31)24(29-30-28)16-27(19,5)23(20)13-14-26(21,22)4/h17-25,31H,6-16H2,1-5H3/t18-,19?,20+,21-,22+,23+,24+,25?,26-,27+/m1/s1. The summed E-state index contributed by atoms with van der Waals surface area (Å²) in [7, 11) is 0. The van der Waals surface area contributed by atoms with E-state index in [1.807, 2.05) is 0 Å². The molecular formula is C27H47N3O. The molecule has 0 aromatic carbocycles. The second kappa shape index (κ2) is 8.90. The maximum atomic E-state index is 10.6. The fourth-order valence-corrected chi connectivity index (χ4v) is 9.48. The van der Waals surface area contributed by atoms with Crippen LogP contribution in [0.4, 0.5) is 0 Å². The predicted molar refractivity (Wildman–Crippen MR) is 127 cm³/mol. The Morgan fingerprint density at radius 3 is 2.45 bits per heavy atom. The fourth-order valence-electron chi connectivity index (χ4n) is 9.48. The first-order valence-electron chi connectivity index (χ1n) is 13.4. The van der Waals surface area contributed by atoms with Crippen LogP contribution in [0, 0.1) is 52.3 Å². The summed E-state index contributed by atoms with van der Waals surface area (Å²) in [6.07, 6.45) is 13.7. The Labute approximate surface area is 190 Å². The molecule has 4 nitrogen and oxygen atoms in total. The van der Waals surface area contributed by atoms with E-state index < -0.39 is 6.10 Å². The van der Waals surface area contributed by atoms with Crippen molar-refractivity contribution >= 4 is 0 Å². The summed E-state index contributed by atoms with van der Waals surface area (Å²) in [6.45, 7) is 12.4. The molecule has 0 aromatic rings. The SMILES string of the molecule is CC(C)CCC[C@@H](C)[C@H]1CC[C@H]2[C@@H]3CCC4CC(O)[C@@H](N=[N+]=[N-])C[C@]4(C)[C@H]3CC[C@]12C. The molecule has 4 fully saturated rings. The Kier molecular flexibility index (Phi) is 6.73. The molecule has 4 aliphatic rings. The Bertz CT molecular complexity index is 688. The number of rotatable bonds is 6. The first kappa shape index (κ1) is 23.4. The van der Waals surface area contributed by atoms with Crippen molar-refractivity contribution in [3.63, 3.8) is 0 Å². The Morgan fingerprint density at radius 1 is 1.00 bits per heavy atom. The zero-order valence-corrected chi connectivity index (χ0v) is 20.8. The van der Waals surface area contributed by atoms with Crippen molar-refractivity contribution in [2.24, 2.45) is 57.4 Å². The normalized spacial score (nSPS) is 47.8. The summed E-state index contributed by atoms with van der Waals surface area (Å²) >= 11 is 0. The molecule has 176 valence electrons. The first-order valence-corrected chi connectivity index (χ1v) is 13.4. The maximum Gasteiger partial charge on any atom is 0.0639 e. The van der Waals surface area contributed by atoms with Gasteiger partial charge in [0.25, 0.3) is 0 Å². The molecule has 0 aliphatic heterocycles. The predicted octanol–water partition coefficient (Wildman–Crippen LogP) is 7.76. The van der Waals surface area contributed by atoms with Crippen LogP contribution in [-0.2, 0) is 0 Å². The van der Waals surface area contributed by atoms with Gasteiger partial charge in [-0.2, -0.15) is 0 Å². The number of aliphatic hydroxyl groups is 1. The number of nitrogens with zero attached hydrogens (tertiary/aromatic N) is 3. The van der Waals surface area contributed by atoms with Gasteiger partial charge in [-0.05, 0) is 109 Å². The number of aliphatic hydroxyl groups excluding tert-OH is 1. The third-order valence-corrected chi connectivity index (χ3v) is 11.1. The molecule has 1 N–H and O–H groups in total. The van der Waals surface area contributed by atoms with Gasteiger partial charge in [0, 0.05) is 4.91 Å². The lowest BCUT2D eigenvalue weighted by Gasteiger charge is -2.62. The minimum atomic E-state index is -0.443. The average Bonchev–Trinajstić information content (AvgIpc) is 3.06. The lowest BCUT2D eigenvalue weighted by atomic mass is 9.44. The van der Waals surface area contributed by atoms with Gasteiger partial charge in [-0.3, -0.25) is 0 Å². The largest absolute Gasteiger partial charge is 0.393 e. The zero-order valence-electron chi connectivity index (χ0n) is 20.8. The Hall–Kier alpha value is -0.730. The monoisotopic (exact) mass is 429 g/mol. The van der Waals surface area contributed by atoms with Gasteiger partial charge in [0.05, 0.1) is 12.1 Å². The van der Waals surface area contributed by atoms with Gasteiger partial charge in [-0.15, -0.1) is 0 Å². The average molecular weight is 430 g/mol. The van der Waals surface area contributed by atoms with Crippen LogP contribution in [0.2, 0.25) is 0 Å². The molecule has 4 aliphatic carbocycles. The van der Waals surface area contributed by atoms with Gasteiger partial charge in [0.2, 0.25) is 0 Å². The zero-order chi connectivity index (χ0) is 22.4. The van der Waals surface area contributed by atoms with Crippen molar-refractivity contribution in [2.45, 2.75) is 117 Å². The fraction of sp³-hybridized carbons (Fsp3) is 1.00. The van der Waals surface area contributed by atoms with Crippen molar-refractivity contribution in [3.8, 4) is 0 Å². The third-order valence-electron chi connectivity index (χ3n) is 11.1. The van der Waals surface area contributed by atoms with Gasteiger partial charge in [0.1, 0.15) is 0 Å². The van der Waals surface area contributed by atoms with Gasteiger partial charge in [0.15, 0.2) is 0 Å². The lowest BCUT2D eigenvalue weighted by molar-refractivity contribution is -0.133. The van der Waals surface area contributed by atoms with E-state index >= 15 is 0 Å². The molecule has 31 heavy (non-hydrogen) atoms. The molecule has 4 saturated carbocycles. The van der Waals surface area contributed by atoms with Crippen LogP contribution in [0.25, 0.3) is 10.4 Å². The van der Waals surface area contributed by atoms with Crippen LogP contribution in [0.5, 0.6) is 0 Å². The molecular weight excluding hydrogens is 382 g/mol. The van der Waals surface area contributed by atoms with E-state index in [4.69, 9.17) is 5.53 Å². The highest BCUT2D eigenvalue weighted by atomic mass is 16.3. The number of azide groups is 1. The second-order valence-corrected chi connectivity index (χ2v) is 13.0. The van der Waals surface area contributed by atoms with Gasteiger partial charge in [-0.1, -0.05) is 59.0 Å². The highest BCUT2D eigenvalue weighted by Crippen LogP contribution is 2.68. The highest BCUT2D eigenvalue weighted by molar-refractivity contribution is 5.11. The quantitative estimate of drug-likeness (QED) is 0.261. The molecule has 0 aromatic heterocycles. The molecule has 2 unspecified atom stereocenters. The second-order valence-electron chi connectivity index (χ2n) is 13.0. The van der Waals surface area contributed by atoms with E-state index in [0.29, 0.717) is 11.3 Å². The smallest absolute Gasteiger partial charge is 0.0639 e. The number of fused-ring (bicyclic) bond motifs is 5. The molecule has 0 radical (unpaired) electrons. The third kappa shape index (κ3) is 4.05. The molecule has 10 atom stereocenters. The van der Waals surface area contributed by atoms with Gasteiger partial charge in [-0.25, -0.2) is 0 Å². The van der Waals surface area contributed by atoms with Crippen molar-refractivity contribution in [2.75, 3.05) is 0 Å². The van der Waals surface area contributed by atoms with Crippen LogP contribution in [-0.4, -0.2) is 17.3 Å². The van der Waals surface area contributed by atoms with Crippen LogP contribution in [0.15, 0.2) is 5.11 Å². The van der Waals surface area contributed by atoms with Crippen molar-refractivity contribution in [1.29, 1.82) is 0 Å². The minimum absolute atomic E-state index is 0.226. The Balaban J connectivity index is 1.49. The maximum absolute atomic E-state index is 10.6. The topological polar surface area (TPSA) is 69.0 Å². The van der Waals surface area contributed by atoms with E-state index in [9.17, 15) is 5.11 Å². The van der Waals surface area contributed by atoms with E-state index in [-0.39, 0.29) is 11.5 Å². The Morgan fingerprint density at radius 2 is 1.74 bits per heavy atom. The summed E-state index contributed by atoms with van der Waals surface area (Å²) in [6, 6.07) is -0.226.